The second kappa shape index (κ2) is 6.72. The summed E-state index contributed by atoms with van der Waals surface area (Å²) in [6, 6.07) is 3.47. The van der Waals surface area contributed by atoms with Crippen molar-refractivity contribution in [1.82, 2.24) is 14.5 Å². The van der Waals surface area contributed by atoms with Crippen molar-refractivity contribution in [2.75, 3.05) is 7.11 Å². The van der Waals surface area contributed by atoms with Crippen LogP contribution in [-0.2, 0) is 23.6 Å². The first-order valence-electron chi connectivity index (χ1n) is 7.40. The zero-order chi connectivity index (χ0) is 17.2. The van der Waals surface area contributed by atoms with Crippen LogP contribution in [0.1, 0.15) is 36.5 Å². The Labute approximate surface area is 137 Å². The van der Waals surface area contributed by atoms with E-state index in [0.29, 0.717) is 11.3 Å². The minimum absolute atomic E-state index is 0.165. The highest BCUT2D eigenvalue weighted by Gasteiger charge is 2.20. The fourth-order valence-electron chi connectivity index (χ4n) is 2.41. The lowest BCUT2D eigenvalue weighted by atomic mass is 10.0. The molecule has 0 unspecified atom stereocenters. The van der Waals surface area contributed by atoms with Gasteiger partial charge in [0.1, 0.15) is 5.75 Å². The Morgan fingerprint density at radius 3 is 2.57 bits per heavy atom. The second-order valence-electron chi connectivity index (χ2n) is 5.86. The molecule has 1 aromatic heterocycles. The molecule has 0 spiro atoms. The van der Waals surface area contributed by atoms with Gasteiger partial charge >= 0.3 is 0 Å². The molecule has 0 aliphatic heterocycles. The van der Waals surface area contributed by atoms with Crippen LogP contribution in [0.2, 0.25) is 0 Å². The minimum Gasteiger partial charge on any atom is -0.496 e. The van der Waals surface area contributed by atoms with Crippen LogP contribution >= 0.6 is 0 Å². The molecule has 0 radical (unpaired) electrons. The van der Waals surface area contributed by atoms with Crippen LogP contribution in [0.4, 0.5) is 0 Å². The van der Waals surface area contributed by atoms with Crippen molar-refractivity contribution in [3.63, 3.8) is 0 Å². The first kappa shape index (κ1) is 17.5. The van der Waals surface area contributed by atoms with Crippen LogP contribution in [0.15, 0.2) is 29.4 Å². The fourth-order valence-corrected chi connectivity index (χ4v) is 3.69. The molecule has 0 saturated carbocycles. The number of ether oxygens (including phenoxy) is 1. The summed E-state index contributed by atoms with van der Waals surface area (Å²) in [4.78, 5) is 0.283. The first-order valence-corrected chi connectivity index (χ1v) is 8.88. The maximum atomic E-state index is 12.6. The van der Waals surface area contributed by atoms with Gasteiger partial charge in [-0.25, -0.2) is 13.1 Å². The van der Waals surface area contributed by atoms with Gasteiger partial charge in [0.05, 0.1) is 18.2 Å². The van der Waals surface area contributed by atoms with Crippen LogP contribution in [0.25, 0.3) is 0 Å². The first-order chi connectivity index (χ1) is 10.7. The fraction of sp³-hybridized carbons (Fsp3) is 0.438. The highest BCUT2D eigenvalue weighted by atomic mass is 32.2. The monoisotopic (exact) mass is 337 g/mol. The third-order valence-electron chi connectivity index (χ3n) is 3.66. The Morgan fingerprint density at radius 1 is 1.35 bits per heavy atom. The van der Waals surface area contributed by atoms with Crippen molar-refractivity contribution in [3.05, 3.63) is 41.2 Å². The van der Waals surface area contributed by atoms with Gasteiger partial charge in [0.2, 0.25) is 10.0 Å². The highest BCUT2D eigenvalue weighted by Crippen LogP contribution is 2.31. The summed E-state index contributed by atoms with van der Waals surface area (Å²) in [5.74, 6) is 0.876. The second-order valence-corrected chi connectivity index (χ2v) is 7.60. The molecule has 0 aliphatic rings. The molecule has 6 nitrogen and oxygen atoms in total. The lowest BCUT2D eigenvalue weighted by Crippen LogP contribution is -2.24. The molecule has 126 valence electrons. The largest absolute Gasteiger partial charge is 0.496 e. The van der Waals surface area contributed by atoms with Gasteiger partial charge in [-0.15, -0.1) is 0 Å². The Morgan fingerprint density at radius 2 is 2.04 bits per heavy atom. The van der Waals surface area contributed by atoms with Crippen molar-refractivity contribution in [1.29, 1.82) is 0 Å². The zero-order valence-corrected chi connectivity index (χ0v) is 14.9. The van der Waals surface area contributed by atoms with E-state index < -0.39 is 10.0 Å². The van der Waals surface area contributed by atoms with Gasteiger partial charge in [-0.3, -0.25) is 4.68 Å². The molecule has 2 aromatic rings. The molecule has 23 heavy (non-hydrogen) atoms. The third-order valence-corrected chi connectivity index (χ3v) is 5.21. The van der Waals surface area contributed by atoms with E-state index in [-0.39, 0.29) is 17.4 Å². The molecular weight excluding hydrogens is 314 g/mol. The molecule has 0 aliphatic carbocycles. The van der Waals surface area contributed by atoms with Gasteiger partial charge < -0.3 is 4.74 Å². The number of rotatable bonds is 6. The van der Waals surface area contributed by atoms with E-state index in [4.69, 9.17) is 4.74 Å². The standard InChI is InChI=1S/C16H23N3O3S/c1-11(2)14-7-16(12(3)6-15(14)22-5)23(20,21)18-9-13-8-17-19(4)10-13/h6-8,10-11,18H,9H2,1-5H3. The van der Waals surface area contributed by atoms with E-state index in [1.807, 2.05) is 13.8 Å². The molecule has 7 heteroatoms. The molecule has 1 N–H and O–H groups in total. The topological polar surface area (TPSA) is 73.2 Å². The van der Waals surface area contributed by atoms with Gasteiger partial charge in [0, 0.05) is 25.4 Å². The SMILES string of the molecule is COc1cc(C)c(S(=O)(=O)NCc2cnn(C)c2)cc1C(C)C. The van der Waals surface area contributed by atoms with Crippen LogP contribution in [0.5, 0.6) is 5.75 Å². The maximum Gasteiger partial charge on any atom is 0.241 e. The normalized spacial score (nSPS) is 11.9. The number of aromatic nitrogens is 2. The summed E-state index contributed by atoms with van der Waals surface area (Å²) < 4.78 is 34.9. The molecule has 0 atom stereocenters. The smallest absolute Gasteiger partial charge is 0.241 e. The number of methoxy groups -OCH3 is 1. The van der Waals surface area contributed by atoms with E-state index in [9.17, 15) is 8.42 Å². The summed E-state index contributed by atoms with van der Waals surface area (Å²) in [5, 5.41) is 4.03. The summed E-state index contributed by atoms with van der Waals surface area (Å²) in [6.07, 6.45) is 3.42. The van der Waals surface area contributed by atoms with Crippen molar-refractivity contribution in [3.8, 4) is 5.75 Å². The Balaban J connectivity index is 2.33. The van der Waals surface area contributed by atoms with Crippen LogP contribution in [0, 0.1) is 6.92 Å². The molecule has 0 fully saturated rings. The zero-order valence-electron chi connectivity index (χ0n) is 14.1. The lowest BCUT2D eigenvalue weighted by molar-refractivity contribution is 0.406. The van der Waals surface area contributed by atoms with E-state index in [1.54, 1.807) is 50.3 Å². The molecule has 0 saturated heterocycles. The quantitative estimate of drug-likeness (QED) is 0.878. The molecule has 0 amide bonds. The van der Waals surface area contributed by atoms with Gasteiger partial charge in [-0.2, -0.15) is 5.10 Å². The maximum absolute atomic E-state index is 12.6. The van der Waals surface area contributed by atoms with Gasteiger partial charge in [-0.1, -0.05) is 13.8 Å². The van der Waals surface area contributed by atoms with Gasteiger partial charge in [0.25, 0.3) is 0 Å². The average Bonchev–Trinajstić information content (AvgIpc) is 2.90. The predicted molar refractivity (Wildman–Crippen MR) is 89.1 cm³/mol. The third kappa shape index (κ3) is 3.92. The molecule has 1 heterocycles. The summed E-state index contributed by atoms with van der Waals surface area (Å²) in [5.41, 5.74) is 2.34. The van der Waals surface area contributed by atoms with Gasteiger partial charge in [-0.05, 0) is 36.1 Å². The number of nitrogens with one attached hydrogen (secondary N) is 1. The van der Waals surface area contributed by atoms with Crippen LogP contribution in [-0.4, -0.2) is 25.3 Å². The minimum atomic E-state index is -3.60. The van der Waals surface area contributed by atoms with E-state index >= 15 is 0 Å². The highest BCUT2D eigenvalue weighted by molar-refractivity contribution is 7.89. The van der Waals surface area contributed by atoms with Crippen molar-refractivity contribution in [2.24, 2.45) is 7.05 Å². The molecule has 1 aromatic carbocycles. The predicted octanol–water partition coefficient (Wildman–Crippen LogP) is 2.34. The van der Waals surface area contributed by atoms with E-state index in [1.165, 1.54) is 0 Å². The Bertz CT molecular complexity index is 795. The number of benzene rings is 1. The Kier molecular flexibility index (Phi) is 5.11. The number of aryl methyl sites for hydroxylation is 2. The van der Waals surface area contributed by atoms with E-state index in [0.717, 1.165) is 11.1 Å². The summed E-state index contributed by atoms with van der Waals surface area (Å²) in [7, 11) is -0.219. The Hall–Kier alpha value is -1.86. The molecule has 0 bridgehead atoms. The lowest BCUT2D eigenvalue weighted by Gasteiger charge is -2.16. The van der Waals surface area contributed by atoms with Crippen LogP contribution < -0.4 is 9.46 Å². The number of hydrogen-bond acceptors (Lipinski definition) is 4. The summed E-state index contributed by atoms with van der Waals surface area (Å²) >= 11 is 0. The van der Waals surface area contributed by atoms with Crippen LogP contribution in [0.3, 0.4) is 0 Å². The van der Waals surface area contributed by atoms with Crippen molar-refractivity contribution < 1.29 is 13.2 Å². The summed E-state index contributed by atoms with van der Waals surface area (Å²) in [6.45, 7) is 5.99. The van der Waals surface area contributed by atoms with E-state index in [2.05, 4.69) is 9.82 Å². The number of hydrogen-bond donors (Lipinski definition) is 1. The molecular formula is C16H23N3O3S. The van der Waals surface area contributed by atoms with Crippen molar-refractivity contribution in [2.45, 2.75) is 38.1 Å². The van der Waals surface area contributed by atoms with Gasteiger partial charge in [0.15, 0.2) is 0 Å². The number of nitrogens with zero attached hydrogens (tertiary/aromatic N) is 2. The van der Waals surface area contributed by atoms with Crippen molar-refractivity contribution >= 4 is 10.0 Å². The number of sulfonamides is 1. The average molecular weight is 337 g/mol. The molecule has 2 rings (SSSR count).